The van der Waals surface area contributed by atoms with Gasteiger partial charge in [-0.05, 0) is 83.1 Å². The molecular weight excluding hydrogens is 474 g/mol. The molecule has 0 aromatic carbocycles. The van der Waals surface area contributed by atoms with E-state index in [9.17, 15) is 18.0 Å². The van der Waals surface area contributed by atoms with Gasteiger partial charge in [-0.15, -0.1) is 0 Å². The number of allylic oxidation sites excluding steroid dienone is 2. The number of H-pyrrole nitrogens is 1. The number of aromatic nitrogens is 1. The Balaban J connectivity index is 1.77. The molecule has 1 saturated carbocycles. The van der Waals surface area contributed by atoms with E-state index >= 15 is 0 Å². The lowest BCUT2D eigenvalue weighted by Crippen LogP contribution is -2.42. The van der Waals surface area contributed by atoms with Crippen LogP contribution >= 0.6 is 11.6 Å². The Morgan fingerprint density at radius 1 is 1.21 bits per heavy atom. The predicted molar refractivity (Wildman–Crippen MR) is 136 cm³/mol. The minimum absolute atomic E-state index is 0.155. The quantitative estimate of drug-likeness (QED) is 0.583. The molecule has 1 aromatic rings. The van der Waals surface area contributed by atoms with Crippen molar-refractivity contribution in [2.24, 2.45) is 5.92 Å². The van der Waals surface area contributed by atoms with Crippen LogP contribution in [-0.2, 0) is 21.2 Å². The molecule has 7 nitrogen and oxygen atoms in total. The first kappa shape index (κ1) is 26.5. The molecule has 1 fully saturated rings. The molecule has 0 aliphatic heterocycles. The number of amides is 1. The number of nitrogens with zero attached hydrogens (tertiary/aromatic N) is 1. The monoisotopic (exact) mass is 509 g/mol. The number of halogens is 1. The maximum absolute atomic E-state index is 13.2. The molecule has 1 amide bonds. The lowest BCUT2D eigenvalue weighted by atomic mass is 9.87. The summed E-state index contributed by atoms with van der Waals surface area (Å²) < 4.78 is 23.9. The molecule has 1 unspecified atom stereocenters. The lowest BCUT2D eigenvalue weighted by molar-refractivity contribution is -0.124. The summed E-state index contributed by atoms with van der Waals surface area (Å²) in [6.07, 6.45) is 6.57. The smallest absolute Gasteiger partial charge is 0.253 e. The Morgan fingerprint density at radius 3 is 2.41 bits per heavy atom. The number of nitrogens with one attached hydrogen (secondary N) is 2. The molecule has 9 heteroatoms. The summed E-state index contributed by atoms with van der Waals surface area (Å²) in [5.41, 5.74) is 3.90. The number of hydrogen-bond donors (Lipinski definition) is 2. The average Bonchev–Trinajstić information content (AvgIpc) is 2.75. The summed E-state index contributed by atoms with van der Waals surface area (Å²) in [5, 5.41) is 3.29. The highest BCUT2D eigenvalue weighted by atomic mass is 35.5. The number of rotatable bonds is 7. The van der Waals surface area contributed by atoms with Crippen LogP contribution in [-0.4, -0.2) is 48.3 Å². The number of sulfone groups is 1. The van der Waals surface area contributed by atoms with E-state index in [0.717, 1.165) is 41.9 Å². The third kappa shape index (κ3) is 5.95. The second-order valence-electron chi connectivity index (χ2n) is 9.62. The molecule has 0 radical (unpaired) electrons. The molecule has 34 heavy (non-hydrogen) atoms. The van der Waals surface area contributed by atoms with Crippen molar-refractivity contribution < 1.29 is 13.2 Å². The van der Waals surface area contributed by atoms with Crippen LogP contribution < -0.4 is 10.9 Å². The van der Waals surface area contributed by atoms with Gasteiger partial charge in [0.25, 0.3) is 5.56 Å². The molecule has 1 atom stereocenters. The van der Waals surface area contributed by atoms with Gasteiger partial charge in [-0.1, -0.05) is 11.6 Å². The highest BCUT2D eigenvalue weighted by Gasteiger charge is 2.34. The van der Waals surface area contributed by atoms with Gasteiger partial charge in [0.2, 0.25) is 5.91 Å². The van der Waals surface area contributed by atoms with Crippen LogP contribution in [0.25, 0.3) is 0 Å². The normalized spacial score (nSPS) is 23.5. The lowest BCUT2D eigenvalue weighted by Gasteiger charge is -2.40. The maximum Gasteiger partial charge on any atom is 0.253 e. The molecule has 0 spiro atoms. The van der Waals surface area contributed by atoms with E-state index in [1.165, 1.54) is 6.26 Å². The van der Waals surface area contributed by atoms with E-state index < -0.39 is 15.8 Å². The third-order valence-electron chi connectivity index (χ3n) is 7.21. The van der Waals surface area contributed by atoms with E-state index in [2.05, 4.69) is 22.1 Å². The van der Waals surface area contributed by atoms with Crippen LogP contribution in [0.3, 0.4) is 0 Å². The van der Waals surface area contributed by atoms with E-state index in [1.54, 1.807) is 0 Å². The molecule has 0 bridgehead atoms. The number of aryl methyl sites for hydroxylation is 2. The molecule has 3 rings (SSSR count). The predicted octanol–water partition coefficient (Wildman–Crippen LogP) is 3.70. The van der Waals surface area contributed by atoms with Crippen molar-refractivity contribution in [1.29, 1.82) is 0 Å². The standard InChI is InChI=1S/C25H36ClN3O4S/c1-6-29(19-7-9-20(10-8-19)34(5,32)33)23-13-18(26)12-21(17(23)4)24(30)27-14-22-15(2)11-16(3)28-25(22)31/h11,13,19-21H,6-10,12,14H2,1-5H3,(H,27,30)(H,28,31)/t19-,20-,21?. The first-order valence-corrected chi connectivity index (χ1v) is 14.2. The second-order valence-corrected chi connectivity index (χ2v) is 12.4. The highest BCUT2D eigenvalue weighted by molar-refractivity contribution is 7.91. The Morgan fingerprint density at radius 2 is 1.85 bits per heavy atom. The molecule has 2 aliphatic carbocycles. The molecule has 1 aromatic heterocycles. The fourth-order valence-corrected chi connectivity index (χ4v) is 6.64. The van der Waals surface area contributed by atoms with E-state index in [-0.39, 0.29) is 29.3 Å². The third-order valence-corrected chi connectivity index (χ3v) is 9.15. The summed E-state index contributed by atoms with van der Waals surface area (Å²) in [5.74, 6) is -0.573. The van der Waals surface area contributed by atoms with E-state index in [4.69, 9.17) is 11.6 Å². The fourth-order valence-electron chi connectivity index (χ4n) is 5.26. The Hall–Kier alpha value is -2.06. The second kappa shape index (κ2) is 10.7. The van der Waals surface area contributed by atoms with Crippen LogP contribution in [0.15, 0.2) is 33.2 Å². The fraction of sp³-hybridized carbons (Fsp3) is 0.600. The number of pyridine rings is 1. The molecule has 188 valence electrons. The van der Waals surface area contributed by atoms with Crippen molar-refractivity contribution in [3.05, 3.63) is 55.6 Å². The minimum Gasteiger partial charge on any atom is -0.369 e. The van der Waals surface area contributed by atoms with E-state index in [1.807, 2.05) is 32.9 Å². The topological polar surface area (TPSA) is 99.3 Å². The van der Waals surface area contributed by atoms with Crippen molar-refractivity contribution in [2.45, 2.75) is 77.6 Å². The average molecular weight is 510 g/mol. The summed E-state index contributed by atoms with van der Waals surface area (Å²) in [6, 6.07) is 2.11. The largest absolute Gasteiger partial charge is 0.369 e. The highest BCUT2D eigenvalue weighted by Crippen LogP contribution is 2.36. The molecular formula is C25H36ClN3O4S. The van der Waals surface area contributed by atoms with Crippen molar-refractivity contribution in [2.75, 3.05) is 12.8 Å². The van der Waals surface area contributed by atoms with Gasteiger partial charge in [-0.2, -0.15) is 0 Å². The van der Waals surface area contributed by atoms with Crippen LogP contribution in [0.1, 0.15) is 62.8 Å². The van der Waals surface area contributed by atoms with Crippen molar-refractivity contribution in [1.82, 2.24) is 15.2 Å². The van der Waals surface area contributed by atoms with Crippen molar-refractivity contribution in [3.63, 3.8) is 0 Å². The van der Waals surface area contributed by atoms with E-state index in [0.29, 0.717) is 29.9 Å². The first-order valence-electron chi connectivity index (χ1n) is 11.9. The molecule has 2 aliphatic rings. The van der Waals surface area contributed by atoms with Crippen LogP contribution in [0.4, 0.5) is 0 Å². The van der Waals surface area contributed by atoms with Gasteiger partial charge >= 0.3 is 0 Å². The molecule has 2 N–H and O–H groups in total. The minimum atomic E-state index is -3.03. The summed E-state index contributed by atoms with van der Waals surface area (Å²) in [4.78, 5) is 30.5. The zero-order valence-corrected chi connectivity index (χ0v) is 22.3. The molecule has 0 saturated heterocycles. The number of aromatic amines is 1. The van der Waals surface area contributed by atoms with Crippen molar-refractivity contribution >= 4 is 27.3 Å². The van der Waals surface area contributed by atoms with Gasteiger partial charge in [0.1, 0.15) is 9.84 Å². The van der Waals surface area contributed by atoms with Gasteiger partial charge in [0.15, 0.2) is 0 Å². The summed E-state index contributed by atoms with van der Waals surface area (Å²) in [7, 11) is -3.03. The van der Waals surface area contributed by atoms with Gasteiger partial charge < -0.3 is 15.2 Å². The number of carbonyl (C=O) groups excluding carboxylic acids is 1. The van der Waals surface area contributed by atoms with Crippen molar-refractivity contribution in [3.8, 4) is 0 Å². The molecule has 1 heterocycles. The van der Waals surface area contributed by atoms with Gasteiger partial charge in [-0.25, -0.2) is 8.42 Å². The summed E-state index contributed by atoms with van der Waals surface area (Å²) in [6.45, 7) is 8.64. The zero-order chi connectivity index (χ0) is 25.2. The van der Waals surface area contributed by atoms with Gasteiger partial charge in [-0.3, -0.25) is 9.59 Å². The zero-order valence-electron chi connectivity index (χ0n) is 20.7. The van der Waals surface area contributed by atoms with Crippen LogP contribution in [0.2, 0.25) is 0 Å². The Labute approximate surface area is 207 Å². The number of carbonyl (C=O) groups is 1. The Bertz CT molecular complexity index is 1160. The van der Waals surface area contributed by atoms with Crippen LogP contribution in [0, 0.1) is 19.8 Å². The Kier molecular flexibility index (Phi) is 8.34. The van der Waals surface area contributed by atoms with Gasteiger partial charge in [0.05, 0.1) is 11.2 Å². The first-order chi connectivity index (χ1) is 15.9. The van der Waals surface area contributed by atoms with Crippen LogP contribution in [0.5, 0.6) is 0 Å². The number of hydrogen-bond acceptors (Lipinski definition) is 5. The number of likely N-dealkylation sites (N-methyl/N-ethyl adjacent to an activating group) is 1. The maximum atomic E-state index is 13.2. The van der Waals surface area contributed by atoms with Gasteiger partial charge in [0, 0.05) is 47.4 Å². The summed E-state index contributed by atoms with van der Waals surface area (Å²) >= 11 is 6.51. The SMILES string of the molecule is CCN(C1=C(C)C(C(=O)NCc2c(C)cc(C)[nH]c2=O)CC(Cl)=C1)[C@H]1CC[C@H](S(C)(=O)=O)CC1.